The van der Waals surface area contributed by atoms with Crippen LogP contribution >= 0.6 is 0 Å². The standard InChI is InChI=1S/C9H12F2N2O/c1-6(12)7-2-3-9(13-4-7)14-5-8(10)11/h2-4,6,8H,5,12H2,1H3/t6-/m1/s1. The van der Waals surface area contributed by atoms with Crippen LogP contribution in [0.2, 0.25) is 0 Å². The summed E-state index contributed by atoms with van der Waals surface area (Å²) in [5, 5.41) is 0. The summed E-state index contributed by atoms with van der Waals surface area (Å²) in [5.74, 6) is 0.190. The molecule has 1 aromatic rings. The third-order valence-electron chi connectivity index (χ3n) is 1.64. The first-order valence-electron chi connectivity index (χ1n) is 4.22. The van der Waals surface area contributed by atoms with Crippen molar-refractivity contribution in [3.05, 3.63) is 23.9 Å². The van der Waals surface area contributed by atoms with E-state index in [-0.39, 0.29) is 11.9 Å². The quantitative estimate of drug-likeness (QED) is 0.809. The van der Waals surface area contributed by atoms with E-state index >= 15 is 0 Å². The van der Waals surface area contributed by atoms with Crippen molar-refractivity contribution in [2.45, 2.75) is 19.4 Å². The average Bonchev–Trinajstić information content (AvgIpc) is 2.15. The fourth-order valence-electron chi connectivity index (χ4n) is 0.895. The summed E-state index contributed by atoms with van der Waals surface area (Å²) in [6.45, 7) is 1.18. The number of rotatable bonds is 4. The zero-order valence-corrected chi connectivity index (χ0v) is 7.78. The SMILES string of the molecule is C[C@@H](N)c1ccc(OCC(F)F)nc1. The monoisotopic (exact) mass is 202 g/mol. The van der Waals surface area contributed by atoms with E-state index < -0.39 is 13.0 Å². The van der Waals surface area contributed by atoms with Crippen LogP contribution in [0.4, 0.5) is 8.78 Å². The molecule has 1 heterocycles. The highest BCUT2D eigenvalue weighted by atomic mass is 19.3. The maximum absolute atomic E-state index is 11.8. The number of hydrogen-bond donors (Lipinski definition) is 1. The summed E-state index contributed by atoms with van der Waals surface area (Å²) in [4.78, 5) is 3.84. The number of aromatic nitrogens is 1. The molecule has 0 aliphatic rings. The number of nitrogens with zero attached hydrogens (tertiary/aromatic N) is 1. The molecule has 0 saturated carbocycles. The highest BCUT2D eigenvalue weighted by Crippen LogP contribution is 2.12. The fourth-order valence-corrected chi connectivity index (χ4v) is 0.895. The topological polar surface area (TPSA) is 48.1 Å². The van der Waals surface area contributed by atoms with Crippen molar-refractivity contribution in [1.29, 1.82) is 0 Å². The Morgan fingerprint density at radius 2 is 2.21 bits per heavy atom. The third-order valence-corrected chi connectivity index (χ3v) is 1.64. The Morgan fingerprint density at radius 3 is 2.64 bits per heavy atom. The second kappa shape index (κ2) is 4.85. The Kier molecular flexibility index (Phi) is 3.76. The van der Waals surface area contributed by atoms with Gasteiger partial charge in [0.15, 0.2) is 6.61 Å². The summed E-state index contributed by atoms with van der Waals surface area (Å²) in [6.07, 6.45) is -0.962. The molecule has 0 bridgehead atoms. The highest BCUT2D eigenvalue weighted by Gasteiger charge is 2.05. The molecule has 5 heteroatoms. The zero-order valence-electron chi connectivity index (χ0n) is 7.78. The maximum Gasteiger partial charge on any atom is 0.272 e. The molecular weight excluding hydrogens is 190 g/mol. The normalized spacial score (nSPS) is 12.9. The van der Waals surface area contributed by atoms with E-state index in [1.165, 1.54) is 12.3 Å². The molecule has 2 N–H and O–H groups in total. The van der Waals surface area contributed by atoms with Gasteiger partial charge in [0.25, 0.3) is 6.43 Å². The van der Waals surface area contributed by atoms with Gasteiger partial charge in [-0.3, -0.25) is 0 Å². The second-order valence-electron chi connectivity index (χ2n) is 2.92. The fraction of sp³-hybridized carbons (Fsp3) is 0.444. The summed E-state index contributed by atoms with van der Waals surface area (Å²) in [7, 11) is 0. The van der Waals surface area contributed by atoms with Crippen molar-refractivity contribution in [1.82, 2.24) is 4.98 Å². The lowest BCUT2D eigenvalue weighted by Crippen LogP contribution is -2.09. The Morgan fingerprint density at radius 1 is 1.50 bits per heavy atom. The summed E-state index contributed by atoms with van der Waals surface area (Å²) in [6, 6.07) is 3.12. The van der Waals surface area contributed by atoms with Gasteiger partial charge in [-0.25, -0.2) is 13.8 Å². The van der Waals surface area contributed by atoms with Crippen LogP contribution in [0.25, 0.3) is 0 Å². The van der Waals surface area contributed by atoms with E-state index in [9.17, 15) is 8.78 Å². The van der Waals surface area contributed by atoms with E-state index in [1.807, 2.05) is 6.92 Å². The van der Waals surface area contributed by atoms with Crippen LogP contribution in [0.5, 0.6) is 5.88 Å². The van der Waals surface area contributed by atoms with Crippen LogP contribution in [0, 0.1) is 0 Å². The zero-order chi connectivity index (χ0) is 10.6. The van der Waals surface area contributed by atoms with Crippen molar-refractivity contribution in [3.63, 3.8) is 0 Å². The minimum atomic E-state index is -2.48. The molecule has 3 nitrogen and oxygen atoms in total. The molecule has 0 amide bonds. The Hall–Kier alpha value is -1.23. The van der Waals surface area contributed by atoms with Gasteiger partial charge in [-0.2, -0.15) is 0 Å². The van der Waals surface area contributed by atoms with Gasteiger partial charge < -0.3 is 10.5 Å². The molecular formula is C9H12F2N2O. The van der Waals surface area contributed by atoms with Gasteiger partial charge in [0, 0.05) is 18.3 Å². The first-order valence-corrected chi connectivity index (χ1v) is 4.22. The summed E-state index contributed by atoms with van der Waals surface area (Å²) < 4.78 is 28.2. The smallest absolute Gasteiger partial charge is 0.272 e. The molecule has 0 aliphatic carbocycles. The van der Waals surface area contributed by atoms with Gasteiger partial charge in [-0.1, -0.05) is 6.07 Å². The molecule has 0 fully saturated rings. The lowest BCUT2D eigenvalue weighted by molar-refractivity contribution is 0.0796. The van der Waals surface area contributed by atoms with E-state index in [0.717, 1.165) is 5.56 Å². The number of alkyl halides is 2. The van der Waals surface area contributed by atoms with Gasteiger partial charge >= 0.3 is 0 Å². The van der Waals surface area contributed by atoms with Crippen LogP contribution in [0.15, 0.2) is 18.3 Å². The van der Waals surface area contributed by atoms with E-state index in [4.69, 9.17) is 10.5 Å². The molecule has 14 heavy (non-hydrogen) atoms. The number of nitrogens with two attached hydrogens (primary N) is 1. The second-order valence-corrected chi connectivity index (χ2v) is 2.92. The van der Waals surface area contributed by atoms with Crippen molar-refractivity contribution in [3.8, 4) is 5.88 Å². The van der Waals surface area contributed by atoms with Crippen LogP contribution in [0.1, 0.15) is 18.5 Å². The molecule has 0 aromatic carbocycles. The van der Waals surface area contributed by atoms with Crippen molar-refractivity contribution < 1.29 is 13.5 Å². The van der Waals surface area contributed by atoms with Gasteiger partial charge in [0.1, 0.15) is 0 Å². The predicted molar refractivity (Wildman–Crippen MR) is 48.3 cm³/mol. The molecule has 0 radical (unpaired) electrons. The molecule has 0 aliphatic heterocycles. The van der Waals surface area contributed by atoms with Crippen LogP contribution in [-0.4, -0.2) is 18.0 Å². The van der Waals surface area contributed by atoms with Crippen LogP contribution in [-0.2, 0) is 0 Å². The number of pyridine rings is 1. The van der Waals surface area contributed by atoms with Gasteiger partial charge in [0.05, 0.1) is 0 Å². The van der Waals surface area contributed by atoms with Gasteiger partial charge in [0.2, 0.25) is 5.88 Å². The van der Waals surface area contributed by atoms with Crippen molar-refractivity contribution in [2.75, 3.05) is 6.61 Å². The number of halogens is 2. The number of hydrogen-bond acceptors (Lipinski definition) is 3. The summed E-state index contributed by atoms with van der Waals surface area (Å²) in [5.41, 5.74) is 6.43. The lowest BCUT2D eigenvalue weighted by atomic mass is 10.2. The summed E-state index contributed by atoms with van der Waals surface area (Å²) >= 11 is 0. The Balaban J connectivity index is 2.55. The van der Waals surface area contributed by atoms with Crippen molar-refractivity contribution >= 4 is 0 Å². The molecule has 1 rings (SSSR count). The largest absolute Gasteiger partial charge is 0.472 e. The molecule has 78 valence electrons. The minimum absolute atomic E-state index is 0.119. The average molecular weight is 202 g/mol. The molecule has 0 spiro atoms. The molecule has 1 aromatic heterocycles. The predicted octanol–water partition coefficient (Wildman–Crippen LogP) is 1.75. The first kappa shape index (κ1) is 10.8. The maximum atomic E-state index is 11.8. The molecule has 1 atom stereocenters. The van der Waals surface area contributed by atoms with E-state index in [2.05, 4.69) is 4.98 Å². The Labute approximate surface area is 80.9 Å². The van der Waals surface area contributed by atoms with Crippen molar-refractivity contribution in [2.24, 2.45) is 5.73 Å². The van der Waals surface area contributed by atoms with Gasteiger partial charge in [-0.05, 0) is 12.5 Å². The van der Waals surface area contributed by atoms with Crippen LogP contribution in [0.3, 0.4) is 0 Å². The van der Waals surface area contributed by atoms with Crippen LogP contribution < -0.4 is 10.5 Å². The third kappa shape index (κ3) is 3.26. The van der Waals surface area contributed by atoms with E-state index in [1.54, 1.807) is 6.07 Å². The Bertz CT molecular complexity index is 275. The van der Waals surface area contributed by atoms with Gasteiger partial charge in [-0.15, -0.1) is 0 Å². The molecule has 0 unspecified atom stereocenters. The number of ether oxygens (including phenoxy) is 1. The molecule has 0 saturated heterocycles. The minimum Gasteiger partial charge on any atom is -0.472 e. The first-order chi connectivity index (χ1) is 6.59. The highest BCUT2D eigenvalue weighted by molar-refractivity contribution is 5.19. The van der Waals surface area contributed by atoms with E-state index in [0.29, 0.717) is 0 Å². The lowest BCUT2D eigenvalue weighted by Gasteiger charge is -2.07.